The topological polar surface area (TPSA) is 49.6 Å². The van der Waals surface area contributed by atoms with Gasteiger partial charge < -0.3 is 10.6 Å². The van der Waals surface area contributed by atoms with Gasteiger partial charge in [-0.3, -0.25) is 9.69 Å². The standard InChI is InChI=1S/C17H27N3OS/c1-12(20-8-5-15(18)17(2,3)11-20)16(21)19-7-4-14-13(10-19)6-9-22-14/h6,9,12,15H,4-5,7-8,10-11,18H2,1-3H3. The minimum absolute atomic E-state index is 0.0491. The summed E-state index contributed by atoms with van der Waals surface area (Å²) < 4.78 is 0. The van der Waals surface area contributed by atoms with Crippen LogP contribution in [0.5, 0.6) is 0 Å². The number of carbonyl (C=O) groups excluding carboxylic acids is 1. The second-order valence-electron chi connectivity index (χ2n) is 7.41. The third-order valence-corrected chi connectivity index (χ3v) is 6.39. The lowest BCUT2D eigenvalue weighted by molar-refractivity contribution is -0.138. The van der Waals surface area contributed by atoms with Crippen LogP contribution in [0.25, 0.3) is 0 Å². The van der Waals surface area contributed by atoms with Crippen molar-refractivity contribution in [3.63, 3.8) is 0 Å². The number of carbonyl (C=O) groups is 1. The smallest absolute Gasteiger partial charge is 0.239 e. The zero-order valence-corrected chi connectivity index (χ0v) is 14.7. The third-order valence-electron chi connectivity index (χ3n) is 5.37. The molecule has 0 radical (unpaired) electrons. The largest absolute Gasteiger partial charge is 0.337 e. The zero-order chi connectivity index (χ0) is 15.9. The van der Waals surface area contributed by atoms with E-state index in [2.05, 4.69) is 37.1 Å². The van der Waals surface area contributed by atoms with Crippen molar-refractivity contribution in [1.29, 1.82) is 0 Å². The van der Waals surface area contributed by atoms with E-state index >= 15 is 0 Å². The maximum absolute atomic E-state index is 12.9. The maximum atomic E-state index is 12.9. The van der Waals surface area contributed by atoms with Crippen molar-refractivity contribution in [3.8, 4) is 0 Å². The molecular weight excluding hydrogens is 294 g/mol. The minimum atomic E-state index is -0.0491. The van der Waals surface area contributed by atoms with Crippen LogP contribution in [0.4, 0.5) is 0 Å². The number of thiophene rings is 1. The Morgan fingerprint density at radius 1 is 1.45 bits per heavy atom. The summed E-state index contributed by atoms with van der Waals surface area (Å²) in [6.45, 7) is 9.93. The maximum Gasteiger partial charge on any atom is 0.239 e. The van der Waals surface area contributed by atoms with Crippen molar-refractivity contribution in [2.45, 2.75) is 52.2 Å². The first-order chi connectivity index (χ1) is 10.4. The SMILES string of the molecule is CC(C(=O)N1CCc2sccc2C1)N1CCC(N)C(C)(C)C1. The van der Waals surface area contributed by atoms with Gasteiger partial charge in [-0.25, -0.2) is 0 Å². The molecule has 2 unspecified atom stereocenters. The van der Waals surface area contributed by atoms with Crippen molar-refractivity contribution in [3.05, 3.63) is 21.9 Å². The van der Waals surface area contributed by atoms with Crippen LogP contribution in [-0.2, 0) is 17.8 Å². The number of fused-ring (bicyclic) bond motifs is 1. The number of hydrogen-bond acceptors (Lipinski definition) is 4. The van der Waals surface area contributed by atoms with Gasteiger partial charge >= 0.3 is 0 Å². The van der Waals surface area contributed by atoms with Gasteiger partial charge in [0.25, 0.3) is 0 Å². The molecule has 0 bridgehead atoms. The Kier molecular flexibility index (Phi) is 4.32. The summed E-state index contributed by atoms with van der Waals surface area (Å²) in [6, 6.07) is 2.34. The van der Waals surface area contributed by atoms with Gasteiger partial charge in [-0.15, -0.1) is 11.3 Å². The Morgan fingerprint density at radius 3 is 2.95 bits per heavy atom. The molecule has 0 saturated carbocycles. The first-order valence-corrected chi connectivity index (χ1v) is 9.10. The van der Waals surface area contributed by atoms with Crippen molar-refractivity contribution in [1.82, 2.24) is 9.80 Å². The number of rotatable bonds is 2. The monoisotopic (exact) mass is 321 g/mol. The van der Waals surface area contributed by atoms with Gasteiger partial charge in [0.05, 0.1) is 6.04 Å². The summed E-state index contributed by atoms with van der Waals surface area (Å²) in [4.78, 5) is 18.7. The first-order valence-electron chi connectivity index (χ1n) is 8.22. The summed E-state index contributed by atoms with van der Waals surface area (Å²) in [7, 11) is 0. The number of hydrogen-bond donors (Lipinski definition) is 1. The Bertz CT molecular complexity index is 554. The summed E-state index contributed by atoms with van der Waals surface area (Å²) in [6.07, 6.45) is 1.97. The number of nitrogens with zero attached hydrogens (tertiary/aromatic N) is 2. The lowest BCUT2D eigenvalue weighted by atomic mass is 9.79. The Morgan fingerprint density at radius 2 is 2.23 bits per heavy atom. The molecule has 1 saturated heterocycles. The third kappa shape index (κ3) is 2.94. The van der Waals surface area contributed by atoms with Crippen LogP contribution in [0.15, 0.2) is 11.4 Å². The van der Waals surface area contributed by atoms with Crippen molar-refractivity contribution < 1.29 is 4.79 Å². The molecule has 1 amide bonds. The first kappa shape index (κ1) is 16.0. The molecule has 2 N–H and O–H groups in total. The minimum Gasteiger partial charge on any atom is -0.337 e. The molecule has 2 atom stereocenters. The Balaban J connectivity index is 1.65. The molecule has 5 heteroatoms. The Labute approximate surface area is 137 Å². The zero-order valence-electron chi connectivity index (χ0n) is 13.8. The normalized spacial score (nSPS) is 26.5. The molecule has 2 aliphatic heterocycles. The van der Waals surface area contributed by atoms with Gasteiger partial charge in [0.15, 0.2) is 0 Å². The highest BCUT2D eigenvalue weighted by Crippen LogP contribution is 2.30. The summed E-state index contributed by atoms with van der Waals surface area (Å²) in [5.74, 6) is 0.267. The predicted octanol–water partition coefficient (Wildman–Crippen LogP) is 2.08. The fourth-order valence-electron chi connectivity index (χ4n) is 3.60. The highest BCUT2D eigenvalue weighted by Gasteiger charge is 2.38. The van der Waals surface area contributed by atoms with Gasteiger partial charge in [-0.2, -0.15) is 0 Å². The van der Waals surface area contributed by atoms with Gasteiger partial charge in [0.1, 0.15) is 0 Å². The average Bonchev–Trinajstić information content (AvgIpc) is 2.95. The van der Waals surface area contributed by atoms with E-state index < -0.39 is 0 Å². The average molecular weight is 321 g/mol. The summed E-state index contributed by atoms with van der Waals surface area (Å²) in [5, 5.41) is 2.14. The van der Waals surface area contributed by atoms with Gasteiger partial charge in [-0.05, 0) is 42.2 Å². The van der Waals surface area contributed by atoms with Crippen LogP contribution < -0.4 is 5.73 Å². The second kappa shape index (κ2) is 5.95. The van der Waals surface area contributed by atoms with E-state index in [4.69, 9.17) is 5.73 Å². The van der Waals surface area contributed by atoms with Gasteiger partial charge in [0.2, 0.25) is 5.91 Å². The van der Waals surface area contributed by atoms with E-state index in [9.17, 15) is 4.79 Å². The van der Waals surface area contributed by atoms with Crippen LogP contribution in [-0.4, -0.2) is 47.4 Å². The number of nitrogens with two attached hydrogens (primary N) is 1. The van der Waals surface area contributed by atoms with Crippen LogP contribution in [0.2, 0.25) is 0 Å². The van der Waals surface area contributed by atoms with Crippen molar-refractivity contribution in [2.75, 3.05) is 19.6 Å². The molecular formula is C17H27N3OS. The van der Waals surface area contributed by atoms with Gasteiger partial charge in [0, 0.05) is 37.1 Å². The fraction of sp³-hybridized carbons (Fsp3) is 0.706. The molecule has 3 rings (SSSR count). The lowest BCUT2D eigenvalue weighted by Gasteiger charge is -2.45. The summed E-state index contributed by atoms with van der Waals surface area (Å²) >= 11 is 1.81. The molecule has 1 aromatic heterocycles. The molecule has 4 nitrogen and oxygen atoms in total. The van der Waals surface area contributed by atoms with Gasteiger partial charge in [-0.1, -0.05) is 13.8 Å². The molecule has 22 heavy (non-hydrogen) atoms. The van der Waals surface area contributed by atoms with Crippen molar-refractivity contribution >= 4 is 17.2 Å². The lowest BCUT2D eigenvalue weighted by Crippen LogP contribution is -2.58. The highest BCUT2D eigenvalue weighted by molar-refractivity contribution is 7.10. The molecule has 1 aromatic rings. The Hall–Kier alpha value is -0.910. The molecule has 0 aromatic carbocycles. The van der Waals surface area contributed by atoms with Crippen LogP contribution in [0.3, 0.4) is 0 Å². The van der Waals surface area contributed by atoms with Crippen LogP contribution in [0, 0.1) is 5.41 Å². The van der Waals surface area contributed by atoms with E-state index in [1.165, 1.54) is 10.4 Å². The molecule has 0 spiro atoms. The van der Waals surface area contributed by atoms with Crippen LogP contribution >= 0.6 is 11.3 Å². The molecule has 1 fully saturated rings. The fourth-order valence-corrected chi connectivity index (χ4v) is 4.49. The second-order valence-corrected chi connectivity index (χ2v) is 8.41. The van der Waals surface area contributed by atoms with Crippen molar-refractivity contribution in [2.24, 2.45) is 11.1 Å². The van der Waals surface area contributed by atoms with E-state index in [1.807, 2.05) is 16.2 Å². The van der Waals surface area contributed by atoms with E-state index in [0.717, 1.165) is 39.0 Å². The number of amides is 1. The number of piperidine rings is 1. The van der Waals surface area contributed by atoms with Crippen LogP contribution in [0.1, 0.15) is 37.6 Å². The molecule has 122 valence electrons. The predicted molar refractivity (Wildman–Crippen MR) is 90.8 cm³/mol. The van der Waals surface area contributed by atoms with E-state index in [0.29, 0.717) is 0 Å². The molecule has 0 aliphatic carbocycles. The number of likely N-dealkylation sites (tertiary alicyclic amines) is 1. The molecule has 2 aliphatic rings. The van der Waals surface area contributed by atoms with E-state index in [-0.39, 0.29) is 23.4 Å². The molecule has 3 heterocycles. The quantitative estimate of drug-likeness (QED) is 0.907. The summed E-state index contributed by atoms with van der Waals surface area (Å²) in [5.41, 5.74) is 7.62. The highest BCUT2D eigenvalue weighted by atomic mass is 32.1. The van der Waals surface area contributed by atoms with E-state index in [1.54, 1.807) is 0 Å².